The highest BCUT2D eigenvalue weighted by molar-refractivity contribution is 7.12. The van der Waals surface area contributed by atoms with Crippen LogP contribution in [0.4, 0.5) is 0 Å². The Bertz CT molecular complexity index is 387. The van der Waals surface area contributed by atoms with Gasteiger partial charge in [0.15, 0.2) is 5.78 Å². The Kier molecular flexibility index (Phi) is 5.86. The number of amides is 1. The van der Waals surface area contributed by atoms with Crippen LogP contribution in [0, 0.1) is 0 Å². The first-order valence-corrected chi connectivity index (χ1v) is 6.48. The number of carbonyl (C=O) groups excluding carboxylic acids is 2. The SMILES string of the molecule is CCCOCCNC(=O)c1csc(C(C)=O)c1. The first-order chi connectivity index (χ1) is 8.15. The van der Waals surface area contributed by atoms with Gasteiger partial charge in [0.1, 0.15) is 0 Å². The van der Waals surface area contributed by atoms with Crippen molar-refractivity contribution in [1.29, 1.82) is 0 Å². The molecule has 1 N–H and O–H groups in total. The van der Waals surface area contributed by atoms with E-state index in [4.69, 9.17) is 4.74 Å². The number of Topliss-reactive ketones (excluding diaryl/α,β-unsaturated/α-hetero) is 1. The zero-order valence-corrected chi connectivity index (χ0v) is 10.9. The van der Waals surface area contributed by atoms with Crippen molar-refractivity contribution in [3.05, 3.63) is 21.9 Å². The Morgan fingerprint density at radius 3 is 2.76 bits per heavy atom. The maximum atomic E-state index is 11.6. The number of ketones is 1. The van der Waals surface area contributed by atoms with E-state index in [1.165, 1.54) is 18.3 Å². The summed E-state index contributed by atoms with van der Waals surface area (Å²) in [6.45, 7) is 5.25. The van der Waals surface area contributed by atoms with Gasteiger partial charge >= 0.3 is 0 Å². The summed E-state index contributed by atoms with van der Waals surface area (Å²) in [6.07, 6.45) is 0.973. The Labute approximate surface area is 105 Å². The second-order valence-corrected chi connectivity index (χ2v) is 4.54. The number of thiophene rings is 1. The van der Waals surface area contributed by atoms with Crippen LogP contribution >= 0.6 is 11.3 Å². The molecule has 0 unspecified atom stereocenters. The summed E-state index contributed by atoms with van der Waals surface area (Å²) in [6, 6.07) is 1.62. The van der Waals surface area contributed by atoms with Crippen LogP contribution in [0.15, 0.2) is 11.4 Å². The molecule has 0 aliphatic carbocycles. The van der Waals surface area contributed by atoms with Gasteiger partial charge in [-0.3, -0.25) is 9.59 Å². The van der Waals surface area contributed by atoms with Crippen LogP contribution < -0.4 is 5.32 Å². The number of hydrogen-bond acceptors (Lipinski definition) is 4. The minimum atomic E-state index is -0.158. The van der Waals surface area contributed by atoms with E-state index in [0.717, 1.165) is 6.42 Å². The summed E-state index contributed by atoms with van der Waals surface area (Å²) in [5, 5.41) is 4.43. The molecule has 1 rings (SSSR count). The highest BCUT2D eigenvalue weighted by Gasteiger charge is 2.10. The quantitative estimate of drug-likeness (QED) is 0.599. The maximum Gasteiger partial charge on any atom is 0.252 e. The zero-order valence-electron chi connectivity index (χ0n) is 10.1. The van der Waals surface area contributed by atoms with Gasteiger partial charge in [-0.1, -0.05) is 6.92 Å². The molecule has 17 heavy (non-hydrogen) atoms. The Morgan fingerprint density at radius 2 is 2.18 bits per heavy atom. The van der Waals surface area contributed by atoms with E-state index in [1.54, 1.807) is 11.4 Å². The summed E-state index contributed by atoms with van der Waals surface area (Å²) in [4.78, 5) is 23.3. The summed E-state index contributed by atoms with van der Waals surface area (Å²) >= 11 is 1.29. The lowest BCUT2D eigenvalue weighted by atomic mass is 10.2. The van der Waals surface area contributed by atoms with Gasteiger partial charge in [-0.15, -0.1) is 11.3 Å². The summed E-state index contributed by atoms with van der Waals surface area (Å²) < 4.78 is 5.25. The van der Waals surface area contributed by atoms with Crippen LogP contribution in [-0.2, 0) is 4.74 Å². The molecular weight excluding hydrogens is 238 g/mol. The molecule has 0 atom stereocenters. The van der Waals surface area contributed by atoms with Crippen molar-refractivity contribution in [2.75, 3.05) is 19.8 Å². The van der Waals surface area contributed by atoms with Gasteiger partial charge in [0, 0.05) is 18.5 Å². The van der Waals surface area contributed by atoms with Crippen molar-refractivity contribution in [2.24, 2.45) is 0 Å². The lowest BCUT2D eigenvalue weighted by Gasteiger charge is -2.04. The zero-order chi connectivity index (χ0) is 12.7. The van der Waals surface area contributed by atoms with Crippen molar-refractivity contribution < 1.29 is 14.3 Å². The fourth-order valence-electron chi connectivity index (χ4n) is 1.23. The van der Waals surface area contributed by atoms with Crippen molar-refractivity contribution in [2.45, 2.75) is 20.3 Å². The van der Waals surface area contributed by atoms with Crippen molar-refractivity contribution in [1.82, 2.24) is 5.32 Å². The van der Waals surface area contributed by atoms with E-state index in [2.05, 4.69) is 5.32 Å². The number of nitrogens with one attached hydrogen (secondary N) is 1. The Hall–Kier alpha value is -1.20. The van der Waals surface area contributed by atoms with E-state index in [1.807, 2.05) is 6.92 Å². The molecular formula is C12H17NO3S. The van der Waals surface area contributed by atoms with E-state index >= 15 is 0 Å². The van der Waals surface area contributed by atoms with Crippen LogP contribution in [0.1, 0.15) is 40.3 Å². The van der Waals surface area contributed by atoms with Crippen molar-refractivity contribution in [3.63, 3.8) is 0 Å². The fraction of sp³-hybridized carbons (Fsp3) is 0.500. The molecule has 0 saturated heterocycles. The molecule has 0 spiro atoms. The molecule has 0 radical (unpaired) electrons. The van der Waals surface area contributed by atoms with Gasteiger partial charge in [0.05, 0.1) is 17.0 Å². The summed E-state index contributed by atoms with van der Waals surface area (Å²) in [5.74, 6) is -0.172. The second kappa shape index (κ2) is 7.19. The highest BCUT2D eigenvalue weighted by atomic mass is 32.1. The van der Waals surface area contributed by atoms with E-state index in [0.29, 0.717) is 30.2 Å². The second-order valence-electron chi connectivity index (χ2n) is 3.62. The monoisotopic (exact) mass is 255 g/mol. The predicted molar refractivity (Wildman–Crippen MR) is 67.8 cm³/mol. The number of rotatable bonds is 7. The van der Waals surface area contributed by atoms with Gasteiger partial charge < -0.3 is 10.1 Å². The van der Waals surface area contributed by atoms with Crippen LogP contribution in [0.3, 0.4) is 0 Å². The topological polar surface area (TPSA) is 55.4 Å². The van der Waals surface area contributed by atoms with Gasteiger partial charge in [-0.2, -0.15) is 0 Å². The smallest absolute Gasteiger partial charge is 0.252 e. The first kappa shape index (κ1) is 13.9. The van der Waals surface area contributed by atoms with E-state index in [9.17, 15) is 9.59 Å². The van der Waals surface area contributed by atoms with Gasteiger partial charge in [-0.05, 0) is 19.4 Å². The van der Waals surface area contributed by atoms with Gasteiger partial charge in [0.2, 0.25) is 0 Å². The molecule has 1 amide bonds. The molecule has 0 fully saturated rings. The molecule has 5 heteroatoms. The number of carbonyl (C=O) groups is 2. The third-order valence-electron chi connectivity index (χ3n) is 2.09. The minimum absolute atomic E-state index is 0.0136. The van der Waals surface area contributed by atoms with Crippen LogP contribution in [0.5, 0.6) is 0 Å². The van der Waals surface area contributed by atoms with Gasteiger partial charge in [-0.25, -0.2) is 0 Å². The average molecular weight is 255 g/mol. The molecule has 1 aromatic rings. The van der Waals surface area contributed by atoms with Crippen LogP contribution in [0.2, 0.25) is 0 Å². The highest BCUT2D eigenvalue weighted by Crippen LogP contribution is 2.14. The largest absolute Gasteiger partial charge is 0.380 e. The van der Waals surface area contributed by atoms with Crippen molar-refractivity contribution >= 4 is 23.0 Å². The molecule has 4 nitrogen and oxygen atoms in total. The van der Waals surface area contributed by atoms with E-state index < -0.39 is 0 Å². The normalized spacial score (nSPS) is 10.2. The molecule has 0 aliphatic heterocycles. The Morgan fingerprint density at radius 1 is 1.41 bits per heavy atom. The standard InChI is InChI=1S/C12H17NO3S/c1-3-5-16-6-4-13-12(15)10-7-11(9(2)14)17-8-10/h7-8H,3-6H2,1-2H3,(H,13,15). The molecule has 0 aromatic carbocycles. The molecule has 1 heterocycles. The minimum Gasteiger partial charge on any atom is -0.380 e. The average Bonchev–Trinajstić information content (AvgIpc) is 2.78. The maximum absolute atomic E-state index is 11.6. The van der Waals surface area contributed by atoms with Gasteiger partial charge in [0.25, 0.3) is 5.91 Å². The molecule has 0 saturated carbocycles. The van der Waals surface area contributed by atoms with E-state index in [-0.39, 0.29) is 11.7 Å². The Balaban J connectivity index is 2.34. The number of hydrogen-bond donors (Lipinski definition) is 1. The first-order valence-electron chi connectivity index (χ1n) is 5.60. The van der Waals surface area contributed by atoms with Crippen molar-refractivity contribution in [3.8, 4) is 0 Å². The third-order valence-corrected chi connectivity index (χ3v) is 3.12. The summed E-state index contributed by atoms with van der Waals surface area (Å²) in [7, 11) is 0. The number of ether oxygens (including phenoxy) is 1. The lowest BCUT2D eigenvalue weighted by molar-refractivity contribution is 0.0916. The fourth-order valence-corrected chi connectivity index (χ4v) is 2.02. The van der Waals surface area contributed by atoms with Crippen LogP contribution in [-0.4, -0.2) is 31.4 Å². The molecule has 1 aromatic heterocycles. The molecule has 0 bridgehead atoms. The molecule has 0 aliphatic rings. The summed E-state index contributed by atoms with van der Waals surface area (Å²) in [5.41, 5.74) is 0.538. The predicted octanol–water partition coefficient (Wildman–Crippen LogP) is 2.11. The van der Waals surface area contributed by atoms with Crippen LogP contribution in [0.25, 0.3) is 0 Å². The lowest BCUT2D eigenvalue weighted by Crippen LogP contribution is -2.26. The third kappa shape index (κ3) is 4.66. The molecule has 94 valence electrons.